The Morgan fingerprint density at radius 2 is 1.95 bits per heavy atom. The molecule has 3 nitrogen and oxygen atoms in total. The Hall–Kier alpha value is -1.68. The second kappa shape index (κ2) is 6.85. The molecule has 1 aromatic heterocycles. The van der Waals surface area contributed by atoms with Gasteiger partial charge in [0.05, 0.1) is 5.69 Å². The minimum Gasteiger partial charge on any atom is -0.313 e. The van der Waals surface area contributed by atoms with E-state index >= 15 is 0 Å². The maximum atomic E-state index is 14.4. The van der Waals surface area contributed by atoms with Crippen LogP contribution in [0.15, 0.2) is 18.2 Å². The highest BCUT2D eigenvalue weighted by Gasteiger charge is 2.18. The van der Waals surface area contributed by atoms with Gasteiger partial charge in [-0.2, -0.15) is 5.10 Å². The van der Waals surface area contributed by atoms with Gasteiger partial charge in [0, 0.05) is 30.4 Å². The molecule has 1 aromatic carbocycles. The van der Waals surface area contributed by atoms with E-state index in [1.165, 1.54) is 0 Å². The number of nitrogens with zero attached hydrogens (tertiary/aromatic N) is 2. The summed E-state index contributed by atoms with van der Waals surface area (Å²) in [7, 11) is 1.93. The summed E-state index contributed by atoms with van der Waals surface area (Å²) < 4.78 is 16.2. The quantitative estimate of drug-likeness (QED) is 0.882. The van der Waals surface area contributed by atoms with Crippen molar-refractivity contribution >= 4 is 0 Å². The molecule has 0 amide bonds. The molecule has 0 saturated heterocycles. The summed E-state index contributed by atoms with van der Waals surface area (Å²) in [4.78, 5) is 0. The number of rotatable bonds is 6. The van der Waals surface area contributed by atoms with Crippen LogP contribution in [0, 0.1) is 5.82 Å². The van der Waals surface area contributed by atoms with Crippen LogP contribution in [0.1, 0.15) is 37.7 Å². The van der Waals surface area contributed by atoms with Crippen molar-refractivity contribution in [1.29, 1.82) is 0 Å². The molecule has 4 heteroatoms. The molecule has 1 N–H and O–H groups in total. The highest BCUT2D eigenvalue weighted by molar-refractivity contribution is 5.70. The molecule has 0 radical (unpaired) electrons. The van der Waals surface area contributed by atoms with E-state index in [9.17, 15) is 4.39 Å². The van der Waals surface area contributed by atoms with E-state index in [4.69, 9.17) is 0 Å². The van der Waals surface area contributed by atoms with Gasteiger partial charge in [-0.1, -0.05) is 26.8 Å². The summed E-state index contributed by atoms with van der Waals surface area (Å²) in [5.41, 5.74) is 4.80. The minimum absolute atomic E-state index is 0.173. The predicted molar refractivity (Wildman–Crippen MR) is 84.7 cm³/mol. The van der Waals surface area contributed by atoms with Crippen LogP contribution in [-0.4, -0.2) is 16.3 Å². The second-order valence-electron chi connectivity index (χ2n) is 5.19. The standard InChI is InChI=1S/C17H24FN3/c1-5-15-17(16(6-2)21(4)20-15)13-10-12(11-19-7-3)8-9-14(13)18/h8-10,19H,5-7,11H2,1-4H3. The van der Waals surface area contributed by atoms with Crippen LogP contribution < -0.4 is 5.32 Å². The molecule has 0 fully saturated rings. The average Bonchev–Trinajstić information content (AvgIpc) is 2.82. The largest absolute Gasteiger partial charge is 0.313 e. The fourth-order valence-electron chi connectivity index (χ4n) is 2.73. The van der Waals surface area contributed by atoms with Gasteiger partial charge in [-0.15, -0.1) is 0 Å². The lowest BCUT2D eigenvalue weighted by Gasteiger charge is -2.10. The highest BCUT2D eigenvalue weighted by Crippen LogP contribution is 2.31. The first-order chi connectivity index (χ1) is 10.1. The molecule has 0 aliphatic carbocycles. The monoisotopic (exact) mass is 289 g/mol. The first kappa shape index (κ1) is 15.7. The van der Waals surface area contributed by atoms with Crippen molar-refractivity contribution in [3.63, 3.8) is 0 Å². The van der Waals surface area contributed by atoms with Crippen LogP contribution in [0.5, 0.6) is 0 Å². The van der Waals surface area contributed by atoms with E-state index in [0.29, 0.717) is 5.56 Å². The number of halogens is 1. The van der Waals surface area contributed by atoms with Gasteiger partial charge in [0.2, 0.25) is 0 Å². The van der Waals surface area contributed by atoms with Gasteiger partial charge in [0.15, 0.2) is 0 Å². The summed E-state index contributed by atoms with van der Waals surface area (Å²) >= 11 is 0. The Kier molecular flexibility index (Phi) is 5.12. The lowest BCUT2D eigenvalue weighted by atomic mass is 9.98. The zero-order valence-corrected chi connectivity index (χ0v) is 13.3. The Balaban J connectivity index is 2.55. The van der Waals surface area contributed by atoms with Gasteiger partial charge in [0.25, 0.3) is 0 Å². The van der Waals surface area contributed by atoms with Crippen molar-refractivity contribution in [2.75, 3.05) is 6.54 Å². The van der Waals surface area contributed by atoms with Gasteiger partial charge in [-0.05, 0) is 37.1 Å². The molecule has 2 aromatic rings. The highest BCUT2D eigenvalue weighted by atomic mass is 19.1. The molecule has 0 spiro atoms. The lowest BCUT2D eigenvalue weighted by Crippen LogP contribution is -2.11. The van der Waals surface area contributed by atoms with Gasteiger partial charge >= 0.3 is 0 Å². The summed E-state index contributed by atoms with van der Waals surface area (Å²) in [6.07, 6.45) is 1.65. The van der Waals surface area contributed by atoms with Crippen molar-refractivity contribution in [2.45, 2.75) is 40.2 Å². The predicted octanol–water partition coefficient (Wildman–Crippen LogP) is 3.46. The molecule has 114 valence electrons. The Labute approximate surface area is 126 Å². The molecule has 1 heterocycles. The van der Waals surface area contributed by atoms with Crippen LogP contribution >= 0.6 is 0 Å². The van der Waals surface area contributed by atoms with Crippen molar-refractivity contribution in [1.82, 2.24) is 15.1 Å². The SMILES string of the molecule is CCNCc1ccc(F)c(-c2c(CC)nn(C)c2CC)c1. The molecule has 2 rings (SSSR count). The van der Waals surface area contributed by atoms with Crippen molar-refractivity contribution in [3.8, 4) is 11.1 Å². The zero-order chi connectivity index (χ0) is 15.4. The molecule has 0 bridgehead atoms. The number of hydrogen-bond acceptors (Lipinski definition) is 2. The van der Waals surface area contributed by atoms with Gasteiger partial charge in [-0.25, -0.2) is 4.39 Å². The average molecular weight is 289 g/mol. The van der Waals surface area contributed by atoms with Crippen molar-refractivity contribution in [2.24, 2.45) is 7.05 Å². The van der Waals surface area contributed by atoms with E-state index in [2.05, 4.69) is 31.2 Å². The van der Waals surface area contributed by atoms with Crippen LogP contribution in [0.2, 0.25) is 0 Å². The molecule has 0 saturated carbocycles. The van der Waals surface area contributed by atoms with Gasteiger partial charge in [-0.3, -0.25) is 4.68 Å². The molecular formula is C17H24FN3. The van der Waals surface area contributed by atoms with Crippen LogP contribution in [0.4, 0.5) is 4.39 Å². The van der Waals surface area contributed by atoms with Gasteiger partial charge < -0.3 is 5.32 Å². The molecular weight excluding hydrogens is 265 g/mol. The van der Waals surface area contributed by atoms with E-state index < -0.39 is 0 Å². The van der Waals surface area contributed by atoms with E-state index in [0.717, 1.165) is 48.4 Å². The fraction of sp³-hybridized carbons (Fsp3) is 0.471. The minimum atomic E-state index is -0.173. The summed E-state index contributed by atoms with van der Waals surface area (Å²) in [6, 6.07) is 5.36. The summed E-state index contributed by atoms with van der Waals surface area (Å²) in [5.74, 6) is -0.173. The molecule has 21 heavy (non-hydrogen) atoms. The number of nitrogens with one attached hydrogen (secondary N) is 1. The zero-order valence-electron chi connectivity index (χ0n) is 13.3. The number of aromatic nitrogens is 2. The van der Waals surface area contributed by atoms with Crippen LogP contribution in [-0.2, 0) is 26.4 Å². The number of benzene rings is 1. The molecule has 0 unspecified atom stereocenters. The molecule has 0 aliphatic rings. The third-order valence-electron chi connectivity index (χ3n) is 3.79. The maximum Gasteiger partial charge on any atom is 0.131 e. The van der Waals surface area contributed by atoms with E-state index in [-0.39, 0.29) is 5.82 Å². The van der Waals surface area contributed by atoms with Crippen LogP contribution in [0.3, 0.4) is 0 Å². The van der Waals surface area contributed by atoms with Crippen LogP contribution in [0.25, 0.3) is 11.1 Å². The summed E-state index contributed by atoms with van der Waals surface area (Å²) in [6.45, 7) is 7.87. The topological polar surface area (TPSA) is 29.9 Å². The second-order valence-corrected chi connectivity index (χ2v) is 5.19. The molecule has 0 atom stereocenters. The third-order valence-corrected chi connectivity index (χ3v) is 3.79. The normalized spacial score (nSPS) is 11.1. The van der Waals surface area contributed by atoms with E-state index in [1.54, 1.807) is 6.07 Å². The maximum absolute atomic E-state index is 14.4. The molecule has 0 aliphatic heterocycles. The summed E-state index contributed by atoms with van der Waals surface area (Å²) in [5, 5.41) is 7.83. The first-order valence-electron chi connectivity index (χ1n) is 7.66. The number of aryl methyl sites for hydroxylation is 2. The Morgan fingerprint density at radius 1 is 1.19 bits per heavy atom. The van der Waals surface area contributed by atoms with Gasteiger partial charge in [0.1, 0.15) is 5.82 Å². The van der Waals surface area contributed by atoms with E-state index in [1.807, 2.05) is 23.9 Å². The first-order valence-corrected chi connectivity index (χ1v) is 7.66. The van der Waals surface area contributed by atoms with Crippen molar-refractivity contribution in [3.05, 3.63) is 41.0 Å². The smallest absolute Gasteiger partial charge is 0.131 e. The van der Waals surface area contributed by atoms with Crippen molar-refractivity contribution < 1.29 is 4.39 Å². The Morgan fingerprint density at radius 3 is 2.57 bits per heavy atom. The number of hydrogen-bond donors (Lipinski definition) is 1. The third kappa shape index (κ3) is 3.16. The Bertz CT molecular complexity index is 617. The lowest BCUT2D eigenvalue weighted by molar-refractivity contribution is 0.628. The fourth-order valence-corrected chi connectivity index (χ4v) is 2.73.